The minimum atomic E-state index is -0.411. The number of para-hydroxylation sites is 1. The molecule has 8 heteroatoms. The van der Waals surface area contributed by atoms with Gasteiger partial charge in [0.1, 0.15) is 5.04 Å². The first-order valence-electron chi connectivity index (χ1n) is 10.9. The lowest BCUT2D eigenvalue weighted by molar-refractivity contribution is -0.113. The van der Waals surface area contributed by atoms with Gasteiger partial charge in [-0.15, -0.1) is 0 Å². The molecule has 168 valence electrons. The van der Waals surface area contributed by atoms with Crippen molar-refractivity contribution < 1.29 is 4.79 Å². The van der Waals surface area contributed by atoms with Crippen LogP contribution in [0.3, 0.4) is 0 Å². The third-order valence-electron chi connectivity index (χ3n) is 5.93. The fourth-order valence-electron chi connectivity index (χ4n) is 4.12. The van der Waals surface area contributed by atoms with Crippen molar-refractivity contribution in [2.24, 2.45) is 9.98 Å². The summed E-state index contributed by atoms with van der Waals surface area (Å²) in [7, 11) is 2.13. The van der Waals surface area contributed by atoms with Crippen LogP contribution in [0.2, 0.25) is 0 Å². The van der Waals surface area contributed by atoms with Gasteiger partial charge in [-0.05, 0) is 31.3 Å². The van der Waals surface area contributed by atoms with Gasteiger partial charge in [0.25, 0.3) is 0 Å². The lowest BCUT2D eigenvalue weighted by atomic mass is 9.99. The molecule has 1 fully saturated rings. The smallest absolute Gasteiger partial charge is 0.234 e. The van der Waals surface area contributed by atoms with Crippen LogP contribution in [-0.4, -0.2) is 58.1 Å². The summed E-state index contributed by atoms with van der Waals surface area (Å²) in [6.07, 6.45) is 3.47. The molecule has 33 heavy (non-hydrogen) atoms. The van der Waals surface area contributed by atoms with E-state index in [-0.39, 0.29) is 11.7 Å². The Morgan fingerprint density at radius 3 is 2.76 bits per heavy atom. The highest BCUT2D eigenvalue weighted by Gasteiger charge is 2.39. The number of halogens is 1. The summed E-state index contributed by atoms with van der Waals surface area (Å²) in [5.74, 6) is 0.173. The maximum absolute atomic E-state index is 12.7. The first-order chi connectivity index (χ1) is 16.0. The number of likely N-dealkylation sites (tertiary alicyclic amines) is 1. The number of amides is 1. The van der Waals surface area contributed by atoms with Crippen LogP contribution < -0.4 is 5.32 Å². The first kappa shape index (κ1) is 22.3. The van der Waals surface area contributed by atoms with Crippen LogP contribution in [0, 0.1) is 0 Å². The summed E-state index contributed by atoms with van der Waals surface area (Å²) >= 11 is 5.01. The Kier molecular flexibility index (Phi) is 6.32. The predicted octanol–water partition coefficient (Wildman–Crippen LogP) is 4.99. The highest BCUT2D eigenvalue weighted by atomic mass is 79.9. The highest BCUT2D eigenvalue weighted by Crippen LogP contribution is 2.35. The van der Waals surface area contributed by atoms with Gasteiger partial charge in [0, 0.05) is 41.4 Å². The van der Waals surface area contributed by atoms with E-state index in [0.717, 1.165) is 57.6 Å². The number of rotatable bonds is 4. The minimum absolute atomic E-state index is 0.0855. The van der Waals surface area contributed by atoms with Crippen molar-refractivity contribution in [3.05, 3.63) is 70.8 Å². The molecule has 0 unspecified atom stereocenters. The number of carbonyl (C=O) groups excluding carboxylic acids is 1. The Morgan fingerprint density at radius 2 is 1.94 bits per heavy atom. The number of aromatic nitrogens is 1. The van der Waals surface area contributed by atoms with E-state index in [1.165, 1.54) is 11.8 Å². The van der Waals surface area contributed by atoms with Crippen LogP contribution in [-0.2, 0) is 4.79 Å². The number of piperidine rings is 1. The molecule has 3 aromatic rings. The number of fused-ring (bicyclic) bond motifs is 1. The summed E-state index contributed by atoms with van der Waals surface area (Å²) in [5, 5.41) is 4.80. The Labute approximate surface area is 205 Å². The second-order valence-electron chi connectivity index (χ2n) is 8.43. The van der Waals surface area contributed by atoms with Gasteiger partial charge in [0.15, 0.2) is 5.66 Å². The first-order valence-corrected chi connectivity index (χ1v) is 12.7. The van der Waals surface area contributed by atoms with Gasteiger partial charge in [0.05, 0.1) is 28.9 Å². The molecule has 2 aliphatic heterocycles. The summed E-state index contributed by atoms with van der Waals surface area (Å²) < 4.78 is 0.998. The van der Waals surface area contributed by atoms with Crippen molar-refractivity contribution in [1.29, 1.82) is 0 Å². The summed E-state index contributed by atoms with van der Waals surface area (Å²) in [4.78, 5) is 29.6. The molecule has 1 spiro atoms. The average Bonchev–Trinajstić information content (AvgIpc) is 3.18. The molecule has 1 aromatic heterocycles. The predicted molar refractivity (Wildman–Crippen MR) is 140 cm³/mol. The molecule has 0 radical (unpaired) electrons. The lowest BCUT2D eigenvalue weighted by Gasteiger charge is -2.33. The van der Waals surface area contributed by atoms with E-state index in [9.17, 15) is 4.79 Å². The summed E-state index contributed by atoms with van der Waals surface area (Å²) in [6.45, 7) is 1.93. The summed E-state index contributed by atoms with van der Waals surface area (Å²) in [5.41, 5.74) is 3.09. The minimum Gasteiger partial charge on any atom is -0.324 e. The van der Waals surface area contributed by atoms with E-state index in [2.05, 4.69) is 50.3 Å². The van der Waals surface area contributed by atoms with Crippen LogP contribution in [0.15, 0.2) is 75.3 Å². The number of hydrogen-bond donors (Lipinski definition) is 1. The largest absolute Gasteiger partial charge is 0.324 e. The van der Waals surface area contributed by atoms with Crippen LogP contribution in [0.5, 0.6) is 0 Å². The maximum atomic E-state index is 12.7. The quantitative estimate of drug-likeness (QED) is 0.524. The number of thioether (sulfide) groups is 1. The van der Waals surface area contributed by atoms with E-state index in [4.69, 9.17) is 9.98 Å². The normalized spacial score (nSPS) is 17.8. The van der Waals surface area contributed by atoms with Gasteiger partial charge in [-0.3, -0.25) is 14.8 Å². The molecule has 6 nitrogen and oxygen atoms in total. The monoisotopic (exact) mass is 521 g/mol. The van der Waals surface area contributed by atoms with Crippen molar-refractivity contribution >= 4 is 60.9 Å². The zero-order valence-corrected chi connectivity index (χ0v) is 20.7. The van der Waals surface area contributed by atoms with E-state index in [1.807, 2.05) is 42.5 Å². The van der Waals surface area contributed by atoms with E-state index < -0.39 is 5.66 Å². The molecular formula is C25H24BrN5OS. The zero-order valence-electron chi connectivity index (χ0n) is 18.3. The van der Waals surface area contributed by atoms with Gasteiger partial charge in [-0.25, -0.2) is 4.99 Å². The SMILES string of the molecule is CN1CCC2(CC1)N=C(SCC(=O)Nc1cnc3ccccc3c1)C(c1cccc(Br)c1)=N2. The molecule has 3 heterocycles. The molecule has 0 aliphatic carbocycles. The molecule has 0 saturated carbocycles. The molecular weight excluding hydrogens is 498 g/mol. The highest BCUT2D eigenvalue weighted by molar-refractivity contribution is 9.10. The molecule has 5 rings (SSSR count). The maximum Gasteiger partial charge on any atom is 0.234 e. The van der Waals surface area contributed by atoms with Gasteiger partial charge in [0.2, 0.25) is 5.91 Å². The number of hydrogen-bond acceptors (Lipinski definition) is 6. The van der Waals surface area contributed by atoms with Crippen LogP contribution in [0.1, 0.15) is 18.4 Å². The van der Waals surface area contributed by atoms with Gasteiger partial charge in [-0.2, -0.15) is 0 Å². The van der Waals surface area contributed by atoms with Gasteiger partial charge < -0.3 is 10.2 Å². The average molecular weight is 522 g/mol. The second-order valence-corrected chi connectivity index (χ2v) is 10.3. The molecule has 2 aliphatic rings. The van der Waals surface area contributed by atoms with Gasteiger partial charge in [-0.1, -0.05) is 58.0 Å². The standard InChI is InChI=1S/C25H24BrN5OS/c1-31-11-9-25(10-12-31)29-23(18-6-4-7-19(26)13-18)24(30-25)33-16-22(32)28-20-14-17-5-2-3-8-21(17)27-15-20/h2-8,13-15H,9-12,16H2,1H3,(H,28,32). The molecule has 0 atom stereocenters. The van der Waals surface area contributed by atoms with Crippen molar-refractivity contribution in [2.75, 3.05) is 31.2 Å². The van der Waals surface area contributed by atoms with Crippen LogP contribution in [0.4, 0.5) is 5.69 Å². The molecule has 1 saturated heterocycles. The van der Waals surface area contributed by atoms with Crippen LogP contribution >= 0.6 is 27.7 Å². The van der Waals surface area contributed by atoms with Crippen molar-refractivity contribution in [3.63, 3.8) is 0 Å². The Bertz CT molecular complexity index is 1270. The number of nitrogens with zero attached hydrogens (tertiary/aromatic N) is 4. The molecule has 1 N–H and O–H groups in total. The number of carbonyl (C=O) groups is 1. The number of benzene rings is 2. The molecule has 2 aromatic carbocycles. The second kappa shape index (κ2) is 9.37. The van der Waals surface area contributed by atoms with E-state index >= 15 is 0 Å². The molecule has 1 amide bonds. The number of aliphatic imine (C=N–C) groups is 2. The third-order valence-corrected chi connectivity index (χ3v) is 7.39. The topological polar surface area (TPSA) is 70.0 Å². The number of nitrogens with one attached hydrogen (secondary N) is 1. The van der Waals surface area contributed by atoms with Crippen molar-refractivity contribution in [1.82, 2.24) is 9.88 Å². The fraction of sp³-hybridized carbons (Fsp3) is 0.280. The van der Waals surface area contributed by atoms with Crippen LogP contribution in [0.25, 0.3) is 10.9 Å². The Balaban J connectivity index is 1.32. The van der Waals surface area contributed by atoms with Crippen molar-refractivity contribution in [3.8, 4) is 0 Å². The number of anilines is 1. The Morgan fingerprint density at radius 1 is 1.12 bits per heavy atom. The summed E-state index contributed by atoms with van der Waals surface area (Å²) in [6, 6.07) is 17.9. The van der Waals surface area contributed by atoms with Gasteiger partial charge >= 0.3 is 0 Å². The fourth-order valence-corrected chi connectivity index (χ4v) is 5.39. The number of pyridine rings is 1. The lowest BCUT2D eigenvalue weighted by Crippen LogP contribution is -2.39. The van der Waals surface area contributed by atoms with Crippen molar-refractivity contribution in [2.45, 2.75) is 18.5 Å². The van der Waals surface area contributed by atoms with E-state index in [0.29, 0.717) is 5.69 Å². The molecule has 0 bridgehead atoms. The Hall–Kier alpha value is -2.55. The zero-order chi connectivity index (χ0) is 22.8. The third kappa shape index (κ3) is 5.03. The van der Waals surface area contributed by atoms with E-state index in [1.54, 1.807) is 6.20 Å².